The van der Waals surface area contributed by atoms with Crippen LogP contribution in [0.1, 0.15) is 24.5 Å². The van der Waals surface area contributed by atoms with Crippen molar-refractivity contribution < 1.29 is 22.8 Å². The number of nitrogens with zero attached hydrogens (tertiary/aromatic N) is 2. The van der Waals surface area contributed by atoms with Gasteiger partial charge in [-0.3, -0.25) is 14.5 Å². The van der Waals surface area contributed by atoms with E-state index in [4.69, 9.17) is 0 Å². The third-order valence-electron chi connectivity index (χ3n) is 5.91. The average Bonchev–Trinajstić information content (AvgIpc) is 2.90. The largest absolute Gasteiger partial charge is 0.416 e. The minimum atomic E-state index is -4.59. The molecule has 8 heteroatoms. The number of benzene rings is 3. The molecule has 3 aromatic rings. The number of amides is 2. The van der Waals surface area contributed by atoms with Crippen molar-refractivity contribution in [3.63, 3.8) is 0 Å². The SMILES string of the molecule is CCN1C(=O)C(CCc2ccccc2Br)C(=O)N(c2ccccc2)c2cc(C(F)(F)F)ccc21. The molecule has 1 atom stereocenters. The van der Waals surface area contributed by atoms with Gasteiger partial charge in [-0.1, -0.05) is 52.3 Å². The highest BCUT2D eigenvalue weighted by Crippen LogP contribution is 2.43. The molecule has 3 aromatic carbocycles. The number of anilines is 3. The molecular formula is C26H22BrF3N2O2. The van der Waals surface area contributed by atoms with Gasteiger partial charge in [0.1, 0.15) is 5.92 Å². The number of carbonyl (C=O) groups is 2. The van der Waals surface area contributed by atoms with Crippen LogP contribution in [-0.4, -0.2) is 18.4 Å². The number of aryl methyl sites for hydroxylation is 1. The van der Waals surface area contributed by atoms with Gasteiger partial charge in [0.2, 0.25) is 11.8 Å². The van der Waals surface area contributed by atoms with Crippen LogP contribution >= 0.6 is 15.9 Å². The maximum absolute atomic E-state index is 13.8. The van der Waals surface area contributed by atoms with E-state index in [0.29, 0.717) is 12.1 Å². The van der Waals surface area contributed by atoms with Crippen molar-refractivity contribution in [2.45, 2.75) is 25.9 Å². The fraction of sp³-hybridized carbons (Fsp3) is 0.231. The first-order valence-electron chi connectivity index (χ1n) is 10.9. The summed E-state index contributed by atoms with van der Waals surface area (Å²) in [4.78, 5) is 30.0. The number of halogens is 4. The molecule has 0 spiro atoms. The summed E-state index contributed by atoms with van der Waals surface area (Å²) in [6.07, 6.45) is -3.92. The van der Waals surface area contributed by atoms with Crippen molar-refractivity contribution >= 4 is 44.8 Å². The molecule has 2 amide bonds. The highest BCUT2D eigenvalue weighted by atomic mass is 79.9. The van der Waals surface area contributed by atoms with E-state index in [9.17, 15) is 22.8 Å². The molecule has 0 aromatic heterocycles. The van der Waals surface area contributed by atoms with Crippen LogP contribution in [0.25, 0.3) is 0 Å². The summed E-state index contributed by atoms with van der Waals surface area (Å²) in [5.74, 6) is -2.01. The van der Waals surface area contributed by atoms with Crippen LogP contribution in [0, 0.1) is 5.92 Å². The lowest BCUT2D eigenvalue weighted by Crippen LogP contribution is -2.41. The Morgan fingerprint density at radius 3 is 2.21 bits per heavy atom. The van der Waals surface area contributed by atoms with Crippen LogP contribution in [0.15, 0.2) is 77.3 Å². The van der Waals surface area contributed by atoms with Crippen LogP contribution < -0.4 is 9.80 Å². The van der Waals surface area contributed by atoms with E-state index in [0.717, 1.165) is 22.2 Å². The van der Waals surface area contributed by atoms with Gasteiger partial charge in [0, 0.05) is 16.7 Å². The summed E-state index contributed by atoms with van der Waals surface area (Å²) in [5.41, 5.74) is 0.795. The van der Waals surface area contributed by atoms with E-state index in [1.807, 2.05) is 24.3 Å². The van der Waals surface area contributed by atoms with Gasteiger partial charge in [-0.25, -0.2) is 0 Å². The van der Waals surface area contributed by atoms with Crippen LogP contribution in [-0.2, 0) is 22.2 Å². The maximum atomic E-state index is 13.8. The molecule has 0 fully saturated rings. The topological polar surface area (TPSA) is 40.6 Å². The Morgan fingerprint density at radius 2 is 1.56 bits per heavy atom. The number of rotatable bonds is 5. The van der Waals surface area contributed by atoms with Gasteiger partial charge in [-0.2, -0.15) is 13.2 Å². The predicted octanol–water partition coefficient (Wildman–Crippen LogP) is 6.75. The molecule has 0 N–H and O–H groups in total. The summed E-state index contributed by atoms with van der Waals surface area (Å²) in [6.45, 7) is 1.96. The van der Waals surface area contributed by atoms with Crippen molar-refractivity contribution in [1.29, 1.82) is 0 Å². The van der Waals surface area contributed by atoms with Gasteiger partial charge in [-0.05, 0) is 61.7 Å². The van der Waals surface area contributed by atoms with Crippen molar-refractivity contribution in [2.75, 3.05) is 16.3 Å². The fourth-order valence-electron chi connectivity index (χ4n) is 4.21. The molecule has 0 saturated heterocycles. The molecule has 1 heterocycles. The van der Waals surface area contributed by atoms with E-state index in [1.165, 1.54) is 15.9 Å². The first kappa shape index (κ1) is 24.0. The zero-order valence-corrected chi connectivity index (χ0v) is 19.9. The Bertz CT molecular complexity index is 1210. The van der Waals surface area contributed by atoms with Crippen molar-refractivity contribution in [2.24, 2.45) is 5.92 Å². The molecule has 1 unspecified atom stereocenters. The Morgan fingerprint density at radius 1 is 0.882 bits per heavy atom. The lowest BCUT2D eigenvalue weighted by molar-refractivity contribution is -0.137. The predicted molar refractivity (Wildman–Crippen MR) is 129 cm³/mol. The second kappa shape index (κ2) is 9.62. The van der Waals surface area contributed by atoms with Crippen LogP contribution in [0.5, 0.6) is 0 Å². The van der Waals surface area contributed by atoms with Crippen LogP contribution in [0.3, 0.4) is 0 Å². The van der Waals surface area contributed by atoms with E-state index >= 15 is 0 Å². The molecule has 34 heavy (non-hydrogen) atoms. The van der Waals surface area contributed by atoms with Crippen LogP contribution in [0.4, 0.5) is 30.2 Å². The molecule has 0 aliphatic carbocycles. The van der Waals surface area contributed by atoms with E-state index in [1.54, 1.807) is 37.3 Å². The van der Waals surface area contributed by atoms with Gasteiger partial charge in [0.05, 0.1) is 16.9 Å². The van der Waals surface area contributed by atoms with Crippen molar-refractivity contribution in [3.05, 3.63) is 88.4 Å². The first-order valence-corrected chi connectivity index (χ1v) is 11.7. The molecule has 0 bridgehead atoms. The standard InChI is InChI=1S/C26H22BrF3N2O2/c1-2-31-22-15-13-18(26(28,29)30)16-23(22)32(19-9-4-3-5-10-19)25(34)20(24(31)33)14-12-17-8-6-7-11-21(17)27/h3-11,13,15-16,20H,2,12,14H2,1H3. The Balaban J connectivity index is 1.84. The number of alkyl halides is 3. The van der Waals surface area contributed by atoms with Gasteiger partial charge in [0.15, 0.2) is 0 Å². The number of para-hydroxylation sites is 1. The lowest BCUT2D eigenvalue weighted by atomic mass is 9.96. The Labute approximate surface area is 204 Å². The number of hydrogen-bond acceptors (Lipinski definition) is 2. The number of carbonyl (C=O) groups excluding carboxylic acids is 2. The molecule has 4 rings (SSSR count). The minimum absolute atomic E-state index is 0.0459. The molecule has 0 radical (unpaired) electrons. The molecule has 176 valence electrons. The average molecular weight is 531 g/mol. The molecular weight excluding hydrogens is 509 g/mol. The van der Waals surface area contributed by atoms with E-state index < -0.39 is 29.5 Å². The first-order chi connectivity index (χ1) is 16.2. The smallest absolute Gasteiger partial charge is 0.310 e. The summed E-state index contributed by atoms with van der Waals surface area (Å²) < 4.78 is 41.6. The van der Waals surface area contributed by atoms with Crippen LogP contribution in [0.2, 0.25) is 0 Å². The minimum Gasteiger partial charge on any atom is -0.310 e. The van der Waals surface area contributed by atoms with Gasteiger partial charge in [-0.15, -0.1) is 0 Å². The normalized spacial score (nSPS) is 16.4. The highest BCUT2D eigenvalue weighted by molar-refractivity contribution is 9.10. The summed E-state index contributed by atoms with van der Waals surface area (Å²) in [6, 6.07) is 19.2. The lowest BCUT2D eigenvalue weighted by Gasteiger charge is -2.26. The molecule has 1 aliphatic rings. The molecule has 4 nitrogen and oxygen atoms in total. The van der Waals surface area contributed by atoms with Crippen molar-refractivity contribution in [1.82, 2.24) is 0 Å². The summed E-state index contributed by atoms with van der Waals surface area (Å²) in [7, 11) is 0. The molecule has 0 saturated carbocycles. The third kappa shape index (κ3) is 4.59. The molecule has 1 aliphatic heterocycles. The van der Waals surface area contributed by atoms with E-state index in [2.05, 4.69) is 15.9 Å². The third-order valence-corrected chi connectivity index (χ3v) is 6.68. The summed E-state index contributed by atoms with van der Waals surface area (Å²) in [5, 5.41) is 0. The van der Waals surface area contributed by atoms with E-state index in [-0.39, 0.29) is 24.3 Å². The second-order valence-electron chi connectivity index (χ2n) is 7.98. The number of fused-ring (bicyclic) bond motifs is 1. The van der Waals surface area contributed by atoms with Gasteiger partial charge >= 0.3 is 6.18 Å². The van der Waals surface area contributed by atoms with Crippen molar-refractivity contribution in [3.8, 4) is 0 Å². The zero-order valence-electron chi connectivity index (χ0n) is 18.3. The second-order valence-corrected chi connectivity index (χ2v) is 8.83. The monoisotopic (exact) mass is 530 g/mol. The zero-order chi connectivity index (χ0) is 24.5. The Hall–Kier alpha value is -3.13. The number of hydrogen-bond donors (Lipinski definition) is 0. The van der Waals surface area contributed by atoms with Gasteiger partial charge < -0.3 is 4.90 Å². The van der Waals surface area contributed by atoms with Gasteiger partial charge in [0.25, 0.3) is 0 Å². The Kier molecular flexibility index (Phi) is 6.79. The fourth-order valence-corrected chi connectivity index (χ4v) is 4.69. The quantitative estimate of drug-likeness (QED) is 0.342. The highest BCUT2D eigenvalue weighted by Gasteiger charge is 2.41. The maximum Gasteiger partial charge on any atom is 0.416 e. The summed E-state index contributed by atoms with van der Waals surface area (Å²) >= 11 is 3.49.